The summed E-state index contributed by atoms with van der Waals surface area (Å²) in [4.78, 5) is 11.8. The normalized spacial score (nSPS) is 21.6. The van der Waals surface area contributed by atoms with Gasteiger partial charge in [-0.3, -0.25) is 4.79 Å². The number of nitrogens with two attached hydrogens (primary N) is 1. The maximum Gasteiger partial charge on any atom is 0.224 e. The Balaban J connectivity index is 0.00000289. The van der Waals surface area contributed by atoms with Gasteiger partial charge in [-0.25, -0.2) is 0 Å². The van der Waals surface area contributed by atoms with Gasteiger partial charge in [0.05, 0.1) is 0 Å². The Bertz CT molecular complexity index is 242. The standard InChI is InChI=1S/C14H28N2O.ClH/c1-10(9-15)14(17)16-12(3)11(2)13-7-5-4-6-8-13;/h10-13H,4-9,15H2,1-3H3,(H,16,17);1H. The molecule has 1 saturated carbocycles. The molecule has 0 heterocycles. The van der Waals surface area contributed by atoms with Gasteiger partial charge >= 0.3 is 0 Å². The molecule has 0 aliphatic heterocycles. The lowest BCUT2D eigenvalue weighted by atomic mass is 9.78. The van der Waals surface area contributed by atoms with E-state index in [1.54, 1.807) is 0 Å². The van der Waals surface area contributed by atoms with Gasteiger partial charge in [-0.15, -0.1) is 12.4 Å². The van der Waals surface area contributed by atoms with Gasteiger partial charge in [-0.05, 0) is 18.8 Å². The van der Waals surface area contributed by atoms with E-state index in [0.29, 0.717) is 12.5 Å². The molecule has 0 bridgehead atoms. The fourth-order valence-electron chi connectivity index (χ4n) is 2.67. The summed E-state index contributed by atoms with van der Waals surface area (Å²) in [5.74, 6) is 1.38. The first-order chi connectivity index (χ1) is 8.06. The number of hydrogen-bond acceptors (Lipinski definition) is 2. The minimum Gasteiger partial charge on any atom is -0.353 e. The molecule has 0 aromatic rings. The van der Waals surface area contributed by atoms with Gasteiger partial charge < -0.3 is 11.1 Å². The second kappa shape index (κ2) is 8.76. The molecule has 0 saturated heterocycles. The summed E-state index contributed by atoms with van der Waals surface area (Å²) >= 11 is 0. The molecule has 4 heteroatoms. The number of carbonyl (C=O) groups excluding carboxylic acids is 1. The van der Waals surface area contributed by atoms with Gasteiger partial charge in [0.1, 0.15) is 0 Å². The first kappa shape index (κ1) is 17.7. The summed E-state index contributed by atoms with van der Waals surface area (Å²) in [6.45, 7) is 6.71. The van der Waals surface area contributed by atoms with Gasteiger partial charge in [0.25, 0.3) is 0 Å². The largest absolute Gasteiger partial charge is 0.353 e. The van der Waals surface area contributed by atoms with Crippen molar-refractivity contribution in [3.05, 3.63) is 0 Å². The second-order valence-electron chi connectivity index (χ2n) is 5.69. The number of rotatable bonds is 5. The van der Waals surface area contributed by atoms with Gasteiger partial charge in [-0.1, -0.05) is 46.0 Å². The zero-order chi connectivity index (χ0) is 12.8. The van der Waals surface area contributed by atoms with Crippen molar-refractivity contribution < 1.29 is 4.79 Å². The van der Waals surface area contributed by atoms with E-state index in [1.807, 2.05) is 6.92 Å². The smallest absolute Gasteiger partial charge is 0.224 e. The predicted octanol–water partition coefficient (Wildman–Crippen LogP) is 2.72. The minimum atomic E-state index is -0.0731. The molecule has 3 atom stereocenters. The molecule has 0 aromatic carbocycles. The molecule has 1 aliphatic rings. The Labute approximate surface area is 118 Å². The molecule has 0 radical (unpaired) electrons. The number of halogens is 1. The van der Waals surface area contributed by atoms with Gasteiger partial charge in [0.2, 0.25) is 5.91 Å². The minimum absolute atomic E-state index is 0. The summed E-state index contributed by atoms with van der Waals surface area (Å²) in [5.41, 5.74) is 5.51. The highest BCUT2D eigenvalue weighted by molar-refractivity contribution is 5.85. The van der Waals surface area contributed by atoms with Crippen molar-refractivity contribution >= 4 is 18.3 Å². The van der Waals surface area contributed by atoms with Crippen LogP contribution in [-0.2, 0) is 4.79 Å². The van der Waals surface area contributed by atoms with Crippen LogP contribution in [0.4, 0.5) is 0 Å². The molecular weight excluding hydrogens is 248 g/mol. The number of carbonyl (C=O) groups is 1. The van der Waals surface area contributed by atoms with Crippen molar-refractivity contribution in [3.8, 4) is 0 Å². The fourth-order valence-corrected chi connectivity index (χ4v) is 2.67. The summed E-state index contributed by atoms with van der Waals surface area (Å²) in [6.07, 6.45) is 6.75. The van der Waals surface area contributed by atoms with Crippen molar-refractivity contribution in [2.24, 2.45) is 23.5 Å². The molecule has 1 aliphatic carbocycles. The molecule has 18 heavy (non-hydrogen) atoms. The van der Waals surface area contributed by atoms with Crippen molar-refractivity contribution in [3.63, 3.8) is 0 Å². The number of hydrogen-bond donors (Lipinski definition) is 2. The van der Waals surface area contributed by atoms with E-state index in [-0.39, 0.29) is 30.3 Å². The highest BCUT2D eigenvalue weighted by Gasteiger charge is 2.26. The lowest BCUT2D eigenvalue weighted by Gasteiger charge is -2.32. The van der Waals surface area contributed by atoms with Crippen LogP contribution in [-0.4, -0.2) is 18.5 Å². The maximum absolute atomic E-state index is 11.8. The fraction of sp³-hybridized carbons (Fsp3) is 0.929. The lowest BCUT2D eigenvalue weighted by molar-refractivity contribution is -0.125. The van der Waals surface area contributed by atoms with Crippen LogP contribution in [0.25, 0.3) is 0 Å². The topological polar surface area (TPSA) is 55.1 Å². The van der Waals surface area contributed by atoms with E-state index in [0.717, 1.165) is 5.92 Å². The second-order valence-corrected chi connectivity index (χ2v) is 5.69. The van der Waals surface area contributed by atoms with Crippen LogP contribution in [0.2, 0.25) is 0 Å². The van der Waals surface area contributed by atoms with Crippen molar-refractivity contribution in [2.45, 2.75) is 58.9 Å². The highest BCUT2D eigenvalue weighted by atomic mass is 35.5. The summed E-state index contributed by atoms with van der Waals surface area (Å²) in [5, 5.41) is 3.11. The molecule has 0 aromatic heterocycles. The SMILES string of the molecule is CC(CN)C(=O)NC(C)C(C)C1CCCCC1.Cl. The zero-order valence-corrected chi connectivity index (χ0v) is 12.8. The third-order valence-corrected chi connectivity index (χ3v) is 4.35. The molecule has 3 N–H and O–H groups in total. The average Bonchev–Trinajstić information content (AvgIpc) is 2.37. The zero-order valence-electron chi connectivity index (χ0n) is 11.9. The molecule has 1 rings (SSSR count). The van der Waals surface area contributed by atoms with Crippen LogP contribution in [0.1, 0.15) is 52.9 Å². The molecule has 3 unspecified atom stereocenters. The van der Waals surface area contributed by atoms with Gasteiger partial charge in [-0.2, -0.15) is 0 Å². The Morgan fingerprint density at radius 3 is 2.28 bits per heavy atom. The van der Waals surface area contributed by atoms with Crippen molar-refractivity contribution in [2.75, 3.05) is 6.54 Å². The molecule has 1 amide bonds. The van der Waals surface area contributed by atoms with E-state index < -0.39 is 0 Å². The van der Waals surface area contributed by atoms with E-state index in [4.69, 9.17) is 5.73 Å². The van der Waals surface area contributed by atoms with Crippen LogP contribution in [0.3, 0.4) is 0 Å². The van der Waals surface area contributed by atoms with E-state index >= 15 is 0 Å². The first-order valence-electron chi connectivity index (χ1n) is 7.06. The summed E-state index contributed by atoms with van der Waals surface area (Å²) < 4.78 is 0. The quantitative estimate of drug-likeness (QED) is 0.811. The Morgan fingerprint density at radius 1 is 1.22 bits per heavy atom. The Kier molecular flexibility index (Phi) is 8.62. The van der Waals surface area contributed by atoms with Crippen LogP contribution in [0.5, 0.6) is 0 Å². The van der Waals surface area contributed by atoms with Crippen LogP contribution >= 0.6 is 12.4 Å². The average molecular weight is 277 g/mol. The monoisotopic (exact) mass is 276 g/mol. The van der Waals surface area contributed by atoms with Gasteiger partial charge in [0, 0.05) is 18.5 Å². The number of amides is 1. The van der Waals surface area contributed by atoms with Crippen LogP contribution in [0.15, 0.2) is 0 Å². The maximum atomic E-state index is 11.8. The molecular formula is C14H29ClN2O. The highest BCUT2D eigenvalue weighted by Crippen LogP contribution is 2.31. The molecule has 1 fully saturated rings. The number of nitrogens with one attached hydrogen (secondary N) is 1. The third kappa shape index (κ3) is 5.15. The summed E-state index contributed by atoms with van der Waals surface area (Å²) in [6, 6.07) is 0.264. The predicted molar refractivity (Wildman–Crippen MR) is 78.8 cm³/mol. The van der Waals surface area contributed by atoms with Crippen LogP contribution < -0.4 is 11.1 Å². The van der Waals surface area contributed by atoms with E-state index in [9.17, 15) is 4.79 Å². The van der Waals surface area contributed by atoms with E-state index in [2.05, 4.69) is 19.2 Å². The summed E-state index contributed by atoms with van der Waals surface area (Å²) in [7, 11) is 0. The van der Waals surface area contributed by atoms with Crippen LogP contribution in [0, 0.1) is 17.8 Å². The Morgan fingerprint density at radius 2 is 1.78 bits per heavy atom. The molecule has 108 valence electrons. The lowest BCUT2D eigenvalue weighted by Crippen LogP contribution is -2.43. The van der Waals surface area contributed by atoms with Gasteiger partial charge in [0.15, 0.2) is 0 Å². The molecule has 0 spiro atoms. The van der Waals surface area contributed by atoms with E-state index in [1.165, 1.54) is 32.1 Å². The molecule has 3 nitrogen and oxygen atoms in total. The third-order valence-electron chi connectivity index (χ3n) is 4.35. The van der Waals surface area contributed by atoms with Crippen molar-refractivity contribution in [1.82, 2.24) is 5.32 Å². The first-order valence-corrected chi connectivity index (χ1v) is 7.06. The van der Waals surface area contributed by atoms with Crippen molar-refractivity contribution in [1.29, 1.82) is 0 Å². The Hall–Kier alpha value is -0.280.